The van der Waals surface area contributed by atoms with E-state index in [1.165, 1.54) is 4.68 Å². The van der Waals surface area contributed by atoms with Gasteiger partial charge in [-0.25, -0.2) is 4.79 Å². The summed E-state index contributed by atoms with van der Waals surface area (Å²) in [5.74, 6) is -0.0353. The van der Waals surface area contributed by atoms with E-state index in [1.807, 2.05) is 36.4 Å². The van der Waals surface area contributed by atoms with Crippen molar-refractivity contribution in [2.24, 2.45) is 0 Å². The normalized spacial score (nSPS) is 11.3. The van der Waals surface area contributed by atoms with Gasteiger partial charge in [-0.1, -0.05) is 36.4 Å². The van der Waals surface area contributed by atoms with Crippen LogP contribution in [0.1, 0.15) is 17.1 Å². The zero-order valence-electron chi connectivity index (χ0n) is 13.0. The highest BCUT2D eigenvalue weighted by molar-refractivity contribution is 6.15. The average Bonchev–Trinajstić information content (AvgIpc) is 3.05. The lowest BCUT2D eigenvalue weighted by Gasteiger charge is -2.08. The molecule has 2 heterocycles. The van der Waals surface area contributed by atoms with E-state index in [0.717, 1.165) is 5.56 Å². The Labute approximate surface area is 138 Å². The van der Waals surface area contributed by atoms with E-state index >= 15 is 0 Å². The molecule has 3 aromatic rings. The van der Waals surface area contributed by atoms with Gasteiger partial charge in [-0.15, -0.1) is 5.10 Å². The minimum absolute atomic E-state index is 0.0764. The molecule has 0 bridgehead atoms. The molecule has 7 heteroatoms. The van der Waals surface area contributed by atoms with Gasteiger partial charge in [0.05, 0.1) is 5.69 Å². The quantitative estimate of drug-likeness (QED) is 0.529. The lowest BCUT2D eigenvalue weighted by Crippen LogP contribution is -2.15. The third-order valence-corrected chi connectivity index (χ3v) is 3.24. The monoisotopic (exact) mass is 321 g/mol. The van der Waals surface area contributed by atoms with Gasteiger partial charge in [0.1, 0.15) is 6.61 Å². The molecule has 0 unspecified atom stereocenters. The number of carbonyl (C=O) groups is 1. The number of esters is 1. The molecule has 0 spiro atoms. The summed E-state index contributed by atoms with van der Waals surface area (Å²) >= 11 is 0. The number of hydrogen-bond acceptors (Lipinski definition) is 6. The van der Waals surface area contributed by atoms with Crippen LogP contribution in [0.5, 0.6) is 0 Å². The van der Waals surface area contributed by atoms with Gasteiger partial charge in [0.15, 0.2) is 11.5 Å². The Hall–Kier alpha value is -3.35. The van der Waals surface area contributed by atoms with E-state index in [4.69, 9.17) is 4.74 Å². The summed E-state index contributed by atoms with van der Waals surface area (Å²) in [5.41, 5.74) is 1.75. The lowest BCUT2D eigenvalue weighted by molar-refractivity contribution is -0.138. The van der Waals surface area contributed by atoms with Gasteiger partial charge in [0, 0.05) is 6.20 Å². The lowest BCUT2D eigenvalue weighted by atomic mass is 10.2. The molecular formula is C17H15N5O2. The molecule has 2 aromatic heterocycles. The van der Waals surface area contributed by atoms with Crippen LogP contribution in [-0.4, -0.2) is 31.2 Å². The molecule has 7 nitrogen and oxygen atoms in total. The maximum Gasteiger partial charge on any atom is 0.357 e. The van der Waals surface area contributed by atoms with Crippen LogP contribution in [0.3, 0.4) is 0 Å². The smallest absolute Gasteiger partial charge is 0.357 e. The number of ether oxygens (including phenoxy) is 1. The molecule has 0 radical (unpaired) electrons. The van der Waals surface area contributed by atoms with Gasteiger partial charge in [-0.3, -0.25) is 4.98 Å². The predicted octanol–water partition coefficient (Wildman–Crippen LogP) is 2.12. The highest BCUT2D eigenvalue weighted by Gasteiger charge is 2.18. The molecule has 0 amide bonds. The predicted molar refractivity (Wildman–Crippen MR) is 87.2 cm³/mol. The summed E-state index contributed by atoms with van der Waals surface area (Å²) in [6.07, 6.45) is 3.33. The summed E-state index contributed by atoms with van der Waals surface area (Å²) in [7, 11) is 0. The van der Waals surface area contributed by atoms with Crippen molar-refractivity contribution >= 4 is 17.7 Å². The largest absolute Gasteiger partial charge is 0.454 e. The van der Waals surface area contributed by atoms with Crippen molar-refractivity contribution in [3.63, 3.8) is 0 Å². The van der Waals surface area contributed by atoms with Crippen molar-refractivity contribution in [2.45, 2.75) is 13.5 Å². The minimum Gasteiger partial charge on any atom is -0.454 e. The number of aromatic nitrogens is 5. The van der Waals surface area contributed by atoms with Crippen LogP contribution in [0, 0.1) is 6.92 Å². The molecule has 0 saturated carbocycles. The first-order valence-electron chi connectivity index (χ1n) is 7.33. The Balaban J connectivity index is 1.86. The van der Waals surface area contributed by atoms with Crippen molar-refractivity contribution in [1.29, 1.82) is 0 Å². The van der Waals surface area contributed by atoms with Crippen LogP contribution < -0.4 is 0 Å². The number of carbonyl (C=O) groups excluding carboxylic acids is 1. The van der Waals surface area contributed by atoms with E-state index in [0.29, 0.717) is 11.5 Å². The molecule has 0 N–H and O–H groups in total. The number of aryl methyl sites for hydroxylation is 1. The Kier molecular flexibility index (Phi) is 4.71. The van der Waals surface area contributed by atoms with E-state index in [9.17, 15) is 4.79 Å². The summed E-state index contributed by atoms with van der Waals surface area (Å²) in [6, 6.07) is 14.9. The fourth-order valence-electron chi connectivity index (χ4n) is 2.06. The first-order valence-corrected chi connectivity index (χ1v) is 7.33. The van der Waals surface area contributed by atoms with E-state index in [-0.39, 0.29) is 12.3 Å². The first-order chi connectivity index (χ1) is 11.7. The molecule has 0 aliphatic rings. The number of rotatable bonds is 5. The van der Waals surface area contributed by atoms with Crippen LogP contribution in [0.25, 0.3) is 11.8 Å². The summed E-state index contributed by atoms with van der Waals surface area (Å²) < 4.78 is 6.71. The van der Waals surface area contributed by atoms with Crippen molar-refractivity contribution in [3.05, 3.63) is 71.8 Å². The maximum atomic E-state index is 12.5. The molecule has 0 fully saturated rings. The van der Waals surface area contributed by atoms with Crippen LogP contribution in [0.15, 0.2) is 54.7 Å². The van der Waals surface area contributed by atoms with Gasteiger partial charge >= 0.3 is 5.97 Å². The Morgan fingerprint density at radius 2 is 1.96 bits per heavy atom. The SMILES string of the molecule is Cc1nnnn1/C(=C\c1ccccc1)C(=O)OCc1ccccn1. The average molecular weight is 321 g/mol. The molecule has 0 aliphatic carbocycles. The second-order valence-electron chi connectivity index (χ2n) is 4.98. The summed E-state index contributed by atoms with van der Waals surface area (Å²) in [4.78, 5) is 16.7. The molecule has 1 aromatic carbocycles. The second kappa shape index (κ2) is 7.28. The highest BCUT2D eigenvalue weighted by atomic mass is 16.5. The van der Waals surface area contributed by atoms with Gasteiger partial charge < -0.3 is 4.74 Å². The van der Waals surface area contributed by atoms with Gasteiger partial charge in [-0.2, -0.15) is 4.68 Å². The van der Waals surface area contributed by atoms with Gasteiger partial charge in [0.25, 0.3) is 0 Å². The van der Waals surface area contributed by atoms with Crippen molar-refractivity contribution in [3.8, 4) is 0 Å². The number of tetrazole rings is 1. The molecule has 0 saturated heterocycles. The minimum atomic E-state index is -0.528. The first kappa shape index (κ1) is 15.5. The van der Waals surface area contributed by atoms with Crippen molar-refractivity contribution < 1.29 is 9.53 Å². The second-order valence-corrected chi connectivity index (χ2v) is 4.98. The molecule has 3 rings (SSSR count). The standard InChI is InChI=1S/C17H15N5O2/c1-13-19-20-21-22(13)16(11-14-7-3-2-4-8-14)17(23)24-12-15-9-5-6-10-18-15/h2-11H,12H2,1H3/b16-11-. The summed E-state index contributed by atoms with van der Waals surface area (Å²) in [5, 5.41) is 11.3. The zero-order chi connectivity index (χ0) is 16.8. The number of hydrogen-bond donors (Lipinski definition) is 0. The van der Waals surface area contributed by atoms with E-state index in [2.05, 4.69) is 20.5 Å². The molecule has 0 aliphatic heterocycles. The number of benzene rings is 1. The summed E-state index contributed by atoms with van der Waals surface area (Å²) in [6.45, 7) is 1.79. The molecular weight excluding hydrogens is 306 g/mol. The highest BCUT2D eigenvalue weighted by Crippen LogP contribution is 2.14. The topological polar surface area (TPSA) is 82.8 Å². The fraction of sp³-hybridized carbons (Fsp3) is 0.118. The van der Waals surface area contributed by atoms with Crippen molar-refractivity contribution in [2.75, 3.05) is 0 Å². The Bertz CT molecular complexity index is 844. The van der Waals surface area contributed by atoms with Gasteiger partial charge in [-0.05, 0) is 41.1 Å². The Morgan fingerprint density at radius 3 is 2.62 bits per heavy atom. The number of nitrogens with zero attached hydrogens (tertiary/aromatic N) is 5. The zero-order valence-corrected chi connectivity index (χ0v) is 13.0. The third kappa shape index (κ3) is 3.70. The van der Waals surface area contributed by atoms with E-state index in [1.54, 1.807) is 31.3 Å². The van der Waals surface area contributed by atoms with Crippen molar-refractivity contribution in [1.82, 2.24) is 25.2 Å². The van der Waals surface area contributed by atoms with Gasteiger partial charge in [0.2, 0.25) is 0 Å². The Morgan fingerprint density at radius 1 is 1.17 bits per heavy atom. The molecule has 0 atom stereocenters. The van der Waals surface area contributed by atoms with Crippen LogP contribution >= 0.6 is 0 Å². The molecule has 24 heavy (non-hydrogen) atoms. The van der Waals surface area contributed by atoms with Crippen LogP contribution in [-0.2, 0) is 16.1 Å². The molecule has 120 valence electrons. The fourth-order valence-corrected chi connectivity index (χ4v) is 2.06. The van der Waals surface area contributed by atoms with Crippen LogP contribution in [0.2, 0.25) is 0 Å². The van der Waals surface area contributed by atoms with E-state index < -0.39 is 5.97 Å². The third-order valence-electron chi connectivity index (χ3n) is 3.24. The maximum absolute atomic E-state index is 12.5. The van der Waals surface area contributed by atoms with Crippen LogP contribution in [0.4, 0.5) is 0 Å². The number of pyridine rings is 1.